The highest BCUT2D eigenvalue weighted by atomic mass is 79.9. The second-order valence-corrected chi connectivity index (χ2v) is 4.14. The van der Waals surface area contributed by atoms with Gasteiger partial charge in [-0.05, 0) is 24.3 Å². The molecule has 0 atom stereocenters. The molecule has 1 aromatic carbocycles. The van der Waals surface area contributed by atoms with Crippen LogP contribution < -0.4 is 10.6 Å². The standard InChI is InChI=1S/C11H15BrN2O2/c1-16-7-6-13-8-11(15)14-10-4-2-9(12)3-5-10/h2-5,13H,6-8H2,1H3,(H,14,15). The lowest BCUT2D eigenvalue weighted by molar-refractivity contribution is -0.115. The van der Waals surface area contributed by atoms with Crippen molar-refractivity contribution in [2.75, 3.05) is 32.1 Å². The maximum absolute atomic E-state index is 11.4. The van der Waals surface area contributed by atoms with Crippen LogP contribution in [0.5, 0.6) is 0 Å². The fraction of sp³-hybridized carbons (Fsp3) is 0.364. The molecule has 0 unspecified atom stereocenters. The van der Waals surface area contributed by atoms with Crippen LogP contribution in [0.25, 0.3) is 0 Å². The molecule has 0 aliphatic carbocycles. The Bertz CT molecular complexity index is 327. The predicted octanol–water partition coefficient (Wildman–Crippen LogP) is 1.62. The Balaban J connectivity index is 2.26. The first-order valence-corrected chi connectivity index (χ1v) is 5.77. The third-order valence-electron chi connectivity index (χ3n) is 1.90. The summed E-state index contributed by atoms with van der Waals surface area (Å²) in [5.74, 6) is -0.0570. The van der Waals surface area contributed by atoms with E-state index < -0.39 is 0 Å². The number of hydrogen-bond donors (Lipinski definition) is 2. The van der Waals surface area contributed by atoms with Crippen molar-refractivity contribution >= 4 is 27.5 Å². The average molecular weight is 287 g/mol. The highest BCUT2D eigenvalue weighted by Crippen LogP contribution is 2.13. The Morgan fingerprint density at radius 2 is 2.06 bits per heavy atom. The molecule has 0 aliphatic heterocycles. The van der Waals surface area contributed by atoms with Gasteiger partial charge in [-0.1, -0.05) is 15.9 Å². The minimum absolute atomic E-state index is 0.0570. The quantitative estimate of drug-likeness (QED) is 0.782. The zero-order valence-electron chi connectivity index (χ0n) is 9.13. The van der Waals surface area contributed by atoms with Gasteiger partial charge in [-0.15, -0.1) is 0 Å². The van der Waals surface area contributed by atoms with Gasteiger partial charge in [0.2, 0.25) is 5.91 Å². The normalized spacial score (nSPS) is 10.1. The number of benzene rings is 1. The molecule has 4 nitrogen and oxygen atoms in total. The molecule has 0 heterocycles. The van der Waals surface area contributed by atoms with Crippen molar-refractivity contribution in [3.05, 3.63) is 28.7 Å². The number of nitrogens with one attached hydrogen (secondary N) is 2. The van der Waals surface area contributed by atoms with Crippen LogP contribution in [-0.4, -0.2) is 32.7 Å². The molecule has 0 aliphatic rings. The molecule has 0 fully saturated rings. The van der Waals surface area contributed by atoms with E-state index in [2.05, 4.69) is 26.6 Å². The summed E-state index contributed by atoms with van der Waals surface area (Å²) in [5, 5.41) is 5.75. The summed E-state index contributed by atoms with van der Waals surface area (Å²) in [5.41, 5.74) is 0.793. The number of carbonyl (C=O) groups is 1. The zero-order chi connectivity index (χ0) is 11.8. The largest absolute Gasteiger partial charge is 0.383 e. The maximum Gasteiger partial charge on any atom is 0.238 e. The Labute approximate surface area is 103 Å². The predicted molar refractivity (Wildman–Crippen MR) is 67.5 cm³/mol. The molecule has 1 rings (SSSR count). The van der Waals surface area contributed by atoms with E-state index in [-0.39, 0.29) is 5.91 Å². The van der Waals surface area contributed by atoms with E-state index in [1.165, 1.54) is 0 Å². The van der Waals surface area contributed by atoms with E-state index in [9.17, 15) is 4.79 Å². The highest BCUT2D eigenvalue weighted by molar-refractivity contribution is 9.10. The first-order valence-electron chi connectivity index (χ1n) is 4.97. The van der Waals surface area contributed by atoms with Crippen LogP contribution in [0, 0.1) is 0 Å². The van der Waals surface area contributed by atoms with Gasteiger partial charge in [-0.3, -0.25) is 4.79 Å². The number of rotatable bonds is 6. The lowest BCUT2D eigenvalue weighted by atomic mass is 10.3. The molecule has 5 heteroatoms. The van der Waals surface area contributed by atoms with Crippen molar-refractivity contribution < 1.29 is 9.53 Å². The van der Waals surface area contributed by atoms with E-state index in [0.29, 0.717) is 19.7 Å². The Hall–Kier alpha value is -0.910. The molecule has 0 aromatic heterocycles. The third kappa shape index (κ3) is 5.25. The summed E-state index contributed by atoms with van der Waals surface area (Å²) >= 11 is 3.33. The Morgan fingerprint density at radius 3 is 2.69 bits per heavy atom. The topological polar surface area (TPSA) is 50.4 Å². The van der Waals surface area contributed by atoms with Crippen LogP contribution in [0.3, 0.4) is 0 Å². The van der Waals surface area contributed by atoms with Crippen LogP contribution in [0.1, 0.15) is 0 Å². The summed E-state index contributed by atoms with van der Waals surface area (Å²) in [4.78, 5) is 11.4. The number of methoxy groups -OCH3 is 1. The number of anilines is 1. The van der Waals surface area contributed by atoms with E-state index in [1.807, 2.05) is 24.3 Å². The molecule has 0 saturated carbocycles. The first kappa shape index (κ1) is 13.2. The molecule has 1 amide bonds. The first-order chi connectivity index (χ1) is 7.72. The van der Waals surface area contributed by atoms with Gasteiger partial charge in [0.05, 0.1) is 13.2 Å². The molecule has 2 N–H and O–H groups in total. The van der Waals surface area contributed by atoms with Gasteiger partial charge in [-0.2, -0.15) is 0 Å². The number of hydrogen-bond acceptors (Lipinski definition) is 3. The van der Waals surface area contributed by atoms with Crippen LogP contribution >= 0.6 is 15.9 Å². The third-order valence-corrected chi connectivity index (χ3v) is 2.43. The monoisotopic (exact) mass is 286 g/mol. The van der Waals surface area contributed by atoms with E-state index in [4.69, 9.17) is 4.74 Å². The molecule has 0 saturated heterocycles. The van der Waals surface area contributed by atoms with Crippen LogP contribution in [0.15, 0.2) is 28.7 Å². The summed E-state index contributed by atoms with van der Waals surface area (Å²) in [6, 6.07) is 7.45. The van der Waals surface area contributed by atoms with Gasteiger partial charge in [0.15, 0.2) is 0 Å². The highest BCUT2D eigenvalue weighted by Gasteiger charge is 2.00. The lowest BCUT2D eigenvalue weighted by Gasteiger charge is -2.06. The van der Waals surface area contributed by atoms with Gasteiger partial charge in [0, 0.05) is 23.8 Å². The Kier molecular flexibility index (Phi) is 6.07. The van der Waals surface area contributed by atoms with E-state index in [1.54, 1.807) is 7.11 Å². The van der Waals surface area contributed by atoms with E-state index >= 15 is 0 Å². The van der Waals surface area contributed by atoms with Crippen molar-refractivity contribution in [2.24, 2.45) is 0 Å². The fourth-order valence-corrected chi connectivity index (χ4v) is 1.38. The SMILES string of the molecule is COCCNCC(=O)Nc1ccc(Br)cc1. The minimum Gasteiger partial charge on any atom is -0.383 e. The number of halogens is 1. The molecular weight excluding hydrogens is 272 g/mol. The van der Waals surface area contributed by atoms with Crippen molar-refractivity contribution in [1.82, 2.24) is 5.32 Å². The number of amides is 1. The average Bonchev–Trinajstić information content (AvgIpc) is 2.28. The molecule has 0 radical (unpaired) electrons. The van der Waals surface area contributed by atoms with Crippen LogP contribution in [0.2, 0.25) is 0 Å². The number of carbonyl (C=O) groups excluding carboxylic acids is 1. The second-order valence-electron chi connectivity index (χ2n) is 3.22. The number of ether oxygens (including phenoxy) is 1. The van der Waals surface area contributed by atoms with Gasteiger partial charge in [-0.25, -0.2) is 0 Å². The zero-order valence-corrected chi connectivity index (χ0v) is 10.7. The maximum atomic E-state index is 11.4. The minimum atomic E-state index is -0.0570. The smallest absolute Gasteiger partial charge is 0.238 e. The Morgan fingerprint density at radius 1 is 1.38 bits per heavy atom. The van der Waals surface area contributed by atoms with Crippen molar-refractivity contribution in [3.8, 4) is 0 Å². The molecule has 88 valence electrons. The fourth-order valence-electron chi connectivity index (χ4n) is 1.11. The molecule has 0 bridgehead atoms. The van der Waals surface area contributed by atoms with Gasteiger partial charge in [0.25, 0.3) is 0 Å². The molecular formula is C11H15BrN2O2. The van der Waals surface area contributed by atoms with Crippen molar-refractivity contribution in [2.45, 2.75) is 0 Å². The van der Waals surface area contributed by atoms with Gasteiger partial charge >= 0.3 is 0 Å². The van der Waals surface area contributed by atoms with Crippen LogP contribution in [-0.2, 0) is 9.53 Å². The second kappa shape index (κ2) is 7.38. The van der Waals surface area contributed by atoms with Crippen molar-refractivity contribution in [1.29, 1.82) is 0 Å². The summed E-state index contributed by atoms with van der Waals surface area (Å²) in [7, 11) is 1.63. The molecule has 16 heavy (non-hydrogen) atoms. The van der Waals surface area contributed by atoms with Crippen molar-refractivity contribution in [3.63, 3.8) is 0 Å². The van der Waals surface area contributed by atoms with Crippen LogP contribution in [0.4, 0.5) is 5.69 Å². The molecule has 1 aromatic rings. The summed E-state index contributed by atoms with van der Waals surface area (Å²) in [6.07, 6.45) is 0. The van der Waals surface area contributed by atoms with Gasteiger partial charge in [0.1, 0.15) is 0 Å². The summed E-state index contributed by atoms with van der Waals surface area (Å²) in [6.45, 7) is 1.56. The molecule has 0 spiro atoms. The summed E-state index contributed by atoms with van der Waals surface area (Å²) < 4.78 is 5.85. The lowest BCUT2D eigenvalue weighted by Crippen LogP contribution is -2.30. The van der Waals surface area contributed by atoms with Gasteiger partial charge < -0.3 is 15.4 Å². The van der Waals surface area contributed by atoms with E-state index in [0.717, 1.165) is 10.2 Å².